The SMILES string of the molecule is CCC(C)(C)NCc1cc(Cl)cc(Cl)c1OC.Cl. The van der Waals surface area contributed by atoms with Crippen LogP contribution in [0, 0.1) is 0 Å². The van der Waals surface area contributed by atoms with Crippen LogP contribution in [0.4, 0.5) is 0 Å². The summed E-state index contributed by atoms with van der Waals surface area (Å²) in [6.45, 7) is 7.15. The first-order valence-corrected chi connectivity index (χ1v) is 6.42. The van der Waals surface area contributed by atoms with Crippen molar-refractivity contribution in [2.75, 3.05) is 7.11 Å². The molecule has 18 heavy (non-hydrogen) atoms. The van der Waals surface area contributed by atoms with Gasteiger partial charge in [-0.05, 0) is 32.4 Å². The normalized spacial score (nSPS) is 11.0. The number of rotatable bonds is 5. The second kappa shape index (κ2) is 7.44. The Morgan fingerprint density at radius 2 is 1.89 bits per heavy atom. The summed E-state index contributed by atoms with van der Waals surface area (Å²) in [6.07, 6.45) is 1.05. The molecule has 1 N–H and O–H groups in total. The van der Waals surface area contributed by atoms with Crippen LogP contribution in [-0.2, 0) is 6.54 Å². The van der Waals surface area contributed by atoms with Crippen molar-refractivity contribution in [2.45, 2.75) is 39.3 Å². The van der Waals surface area contributed by atoms with Crippen molar-refractivity contribution in [1.82, 2.24) is 5.32 Å². The van der Waals surface area contributed by atoms with E-state index in [9.17, 15) is 0 Å². The first kappa shape index (κ1) is 17.8. The summed E-state index contributed by atoms with van der Waals surface area (Å²) in [5.41, 5.74) is 1.06. The van der Waals surface area contributed by atoms with Gasteiger partial charge in [-0.15, -0.1) is 12.4 Å². The third-order valence-corrected chi connectivity index (χ3v) is 3.43. The van der Waals surface area contributed by atoms with E-state index >= 15 is 0 Å². The average molecular weight is 313 g/mol. The molecule has 104 valence electrons. The van der Waals surface area contributed by atoms with Crippen molar-refractivity contribution in [1.29, 1.82) is 0 Å². The molecule has 0 fully saturated rings. The standard InChI is InChI=1S/C13H19Cl2NO.ClH/c1-5-13(2,3)16-8-9-6-10(14)7-11(15)12(9)17-4;/h6-7,16H,5,8H2,1-4H3;1H. The van der Waals surface area contributed by atoms with Gasteiger partial charge in [-0.1, -0.05) is 30.1 Å². The number of nitrogens with one attached hydrogen (secondary N) is 1. The van der Waals surface area contributed by atoms with Gasteiger partial charge < -0.3 is 10.1 Å². The maximum atomic E-state index is 6.08. The largest absolute Gasteiger partial charge is 0.495 e. The fourth-order valence-electron chi connectivity index (χ4n) is 1.43. The lowest BCUT2D eigenvalue weighted by Gasteiger charge is -2.25. The highest BCUT2D eigenvalue weighted by molar-refractivity contribution is 6.35. The van der Waals surface area contributed by atoms with Crippen LogP contribution in [0.15, 0.2) is 12.1 Å². The van der Waals surface area contributed by atoms with E-state index in [2.05, 4.69) is 26.1 Å². The average Bonchev–Trinajstić information content (AvgIpc) is 2.26. The van der Waals surface area contributed by atoms with Gasteiger partial charge >= 0.3 is 0 Å². The zero-order valence-corrected chi connectivity index (χ0v) is 13.5. The fraction of sp³-hybridized carbons (Fsp3) is 0.538. The molecule has 0 aromatic heterocycles. The van der Waals surface area contributed by atoms with Gasteiger partial charge in [-0.2, -0.15) is 0 Å². The Labute approximate surface area is 125 Å². The van der Waals surface area contributed by atoms with Crippen LogP contribution in [0.2, 0.25) is 10.0 Å². The third kappa shape index (κ3) is 4.85. The minimum atomic E-state index is 0. The van der Waals surface area contributed by atoms with Crippen LogP contribution in [0.5, 0.6) is 5.75 Å². The molecule has 0 atom stereocenters. The van der Waals surface area contributed by atoms with E-state index in [1.807, 2.05) is 6.07 Å². The van der Waals surface area contributed by atoms with E-state index in [1.54, 1.807) is 13.2 Å². The molecule has 0 aliphatic heterocycles. The molecule has 1 rings (SSSR count). The van der Waals surface area contributed by atoms with Crippen molar-refractivity contribution in [3.05, 3.63) is 27.7 Å². The van der Waals surface area contributed by atoms with Crippen LogP contribution in [0.1, 0.15) is 32.8 Å². The predicted octanol–water partition coefficient (Wildman–Crippen LogP) is 4.70. The van der Waals surface area contributed by atoms with E-state index in [4.69, 9.17) is 27.9 Å². The van der Waals surface area contributed by atoms with Gasteiger partial charge in [0, 0.05) is 22.7 Å². The van der Waals surface area contributed by atoms with Crippen molar-refractivity contribution < 1.29 is 4.74 Å². The Hall–Kier alpha value is -0.150. The molecule has 0 bridgehead atoms. The topological polar surface area (TPSA) is 21.3 Å². The quantitative estimate of drug-likeness (QED) is 0.850. The molecular weight excluding hydrogens is 293 g/mol. The van der Waals surface area contributed by atoms with Gasteiger partial charge in [0.05, 0.1) is 12.1 Å². The number of benzene rings is 1. The van der Waals surface area contributed by atoms with Gasteiger partial charge in [0.15, 0.2) is 0 Å². The van der Waals surface area contributed by atoms with E-state index in [0.29, 0.717) is 22.3 Å². The lowest BCUT2D eigenvalue weighted by molar-refractivity contribution is 0.364. The fourth-order valence-corrected chi connectivity index (χ4v) is 2.05. The molecule has 2 nitrogen and oxygen atoms in total. The van der Waals surface area contributed by atoms with Gasteiger partial charge in [-0.25, -0.2) is 0 Å². The van der Waals surface area contributed by atoms with Gasteiger partial charge in [0.25, 0.3) is 0 Å². The number of hydrogen-bond donors (Lipinski definition) is 1. The number of methoxy groups -OCH3 is 1. The molecule has 0 aliphatic carbocycles. The Balaban J connectivity index is 0.00000289. The summed E-state index contributed by atoms with van der Waals surface area (Å²) in [5, 5.41) is 4.63. The van der Waals surface area contributed by atoms with Crippen molar-refractivity contribution in [3.8, 4) is 5.75 Å². The molecule has 0 radical (unpaired) electrons. The van der Waals surface area contributed by atoms with Gasteiger partial charge in [0.2, 0.25) is 0 Å². The van der Waals surface area contributed by atoms with Crippen LogP contribution >= 0.6 is 35.6 Å². The number of ether oxygens (including phenoxy) is 1. The number of halogens is 3. The Morgan fingerprint density at radius 1 is 1.28 bits per heavy atom. The molecule has 1 aromatic carbocycles. The lowest BCUT2D eigenvalue weighted by atomic mass is 10.0. The maximum absolute atomic E-state index is 6.08. The van der Waals surface area contributed by atoms with Crippen LogP contribution in [-0.4, -0.2) is 12.6 Å². The van der Waals surface area contributed by atoms with E-state index in [0.717, 1.165) is 12.0 Å². The smallest absolute Gasteiger partial charge is 0.142 e. The van der Waals surface area contributed by atoms with Crippen LogP contribution < -0.4 is 10.1 Å². The predicted molar refractivity (Wildman–Crippen MR) is 81.5 cm³/mol. The summed E-state index contributed by atoms with van der Waals surface area (Å²) in [4.78, 5) is 0. The molecule has 0 amide bonds. The minimum Gasteiger partial charge on any atom is -0.495 e. The molecule has 1 aromatic rings. The van der Waals surface area contributed by atoms with Crippen LogP contribution in [0.3, 0.4) is 0 Å². The van der Waals surface area contributed by atoms with Crippen molar-refractivity contribution in [2.24, 2.45) is 0 Å². The molecule has 0 heterocycles. The van der Waals surface area contributed by atoms with Crippen molar-refractivity contribution >= 4 is 35.6 Å². The van der Waals surface area contributed by atoms with Gasteiger partial charge in [-0.3, -0.25) is 0 Å². The summed E-state index contributed by atoms with van der Waals surface area (Å²) in [5.74, 6) is 0.690. The van der Waals surface area contributed by atoms with E-state index < -0.39 is 0 Å². The Bertz CT molecular complexity index is 394. The second-order valence-electron chi connectivity index (χ2n) is 4.67. The van der Waals surface area contributed by atoms with Crippen LogP contribution in [0.25, 0.3) is 0 Å². The summed E-state index contributed by atoms with van der Waals surface area (Å²) >= 11 is 12.1. The molecule has 0 saturated heterocycles. The van der Waals surface area contributed by atoms with E-state index in [-0.39, 0.29) is 17.9 Å². The first-order chi connectivity index (χ1) is 7.89. The molecule has 0 aliphatic rings. The summed E-state index contributed by atoms with van der Waals surface area (Å²) in [6, 6.07) is 3.57. The highest BCUT2D eigenvalue weighted by atomic mass is 35.5. The summed E-state index contributed by atoms with van der Waals surface area (Å²) < 4.78 is 5.30. The monoisotopic (exact) mass is 311 g/mol. The Morgan fingerprint density at radius 3 is 2.39 bits per heavy atom. The number of hydrogen-bond acceptors (Lipinski definition) is 2. The molecule has 0 spiro atoms. The highest BCUT2D eigenvalue weighted by Gasteiger charge is 2.16. The van der Waals surface area contributed by atoms with E-state index in [1.165, 1.54) is 0 Å². The molecular formula is C13H20Cl3NO. The second-order valence-corrected chi connectivity index (χ2v) is 5.51. The Kier molecular flexibility index (Phi) is 7.38. The molecule has 5 heteroatoms. The lowest BCUT2D eigenvalue weighted by Crippen LogP contribution is -2.37. The van der Waals surface area contributed by atoms with Crippen molar-refractivity contribution in [3.63, 3.8) is 0 Å². The van der Waals surface area contributed by atoms with Gasteiger partial charge in [0.1, 0.15) is 5.75 Å². The minimum absolute atomic E-state index is 0. The maximum Gasteiger partial charge on any atom is 0.142 e. The highest BCUT2D eigenvalue weighted by Crippen LogP contribution is 2.32. The zero-order chi connectivity index (χ0) is 13.1. The summed E-state index contributed by atoms with van der Waals surface area (Å²) in [7, 11) is 1.61. The molecule has 0 unspecified atom stereocenters. The third-order valence-electron chi connectivity index (χ3n) is 2.93. The molecule has 0 saturated carbocycles. The zero-order valence-electron chi connectivity index (χ0n) is 11.1. The first-order valence-electron chi connectivity index (χ1n) is 5.66.